The number of aryl methyl sites for hydroxylation is 3. The molecule has 0 aromatic heterocycles. The molecule has 2 heterocycles. The van der Waals surface area contributed by atoms with Crippen LogP contribution < -0.4 is 5.01 Å². The molecule has 176 valence electrons. The smallest absolute Gasteiger partial charge is 0.179 e. The molecule has 0 saturated carbocycles. The number of morpholine rings is 1. The van der Waals surface area contributed by atoms with E-state index in [-0.39, 0.29) is 17.9 Å². The normalized spacial score (nSPS) is 22.2. The van der Waals surface area contributed by atoms with Gasteiger partial charge in [0.1, 0.15) is 6.61 Å². The van der Waals surface area contributed by atoms with Crippen molar-refractivity contribution in [3.05, 3.63) is 118 Å². The van der Waals surface area contributed by atoms with Gasteiger partial charge in [0.2, 0.25) is 0 Å². The molecule has 0 radical (unpaired) electrons. The fourth-order valence-corrected chi connectivity index (χ4v) is 5.71. The fraction of sp³-hybridized carbons (Fsp3) is 0.233. The van der Waals surface area contributed by atoms with E-state index in [1.165, 1.54) is 16.7 Å². The van der Waals surface area contributed by atoms with Crippen molar-refractivity contribution in [3.8, 4) is 0 Å². The number of allylic oxidation sites excluding steroid dienone is 1. The zero-order valence-corrected chi connectivity index (χ0v) is 20.3. The number of anilines is 1. The Morgan fingerprint density at radius 3 is 2.49 bits per heavy atom. The molecule has 3 aromatic rings. The summed E-state index contributed by atoms with van der Waals surface area (Å²) in [5, 5.41) is 18.5. The van der Waals surface area contributed by atoms with Crippen LogP contribution in [0.3, 0.4) is 0 Å². The number of fused-ring (bicyclic) bond motifs is 5. The molecule has 3 aromatic carbocycles. The first kappa shape index (κ1) is 21.7. The molecule has 1 aliphatic carbocycles. The number of hydrazone groups is 1. The van der Waals surface area contributed by atoms with Crippen LogP contribution in [-0.4, -0.2) is 28.6 Å². The number of benzene rings is 3. The zero-order chi connectivity index (χ0) is 24.1. The Morgan fingerprint density at radius 2 is 1.71 bits per heavy atom. The standard InChI is InChI=1S/C30H29N3O2/c1-19-15-20(2)28(21(3)16-19)33-30(25(34)14-13-22-9-5-4-6-10-22)32-27(31-33)18-35-26-17-23-11-7-8-12-24(23)29(26)32/h4-16,26,29,34H,17-18H2,1-3H3/b14-13+,30-25+/t26-,29+/m1/s1. The topological polar surface area (TPSA) is 48.3 Å². The molecule has 35 heavy (non-hydrogen) atoms. The zero-order valence-electron chi connectivity index (χ0n) is 20.3. The highest BCUT2D eigenvalue weighted by Gasteiger charge is 2.48. The minimum absolute atomic E-state index is 0.0208. The molecule has 1 fully saturated rings. The molecule has 0 bridgehead atoms. The van der Waals surface area contributed by atoms with Crippen molar-refractivity contribution in [2.45, 2.75) is 39.3 Å². The third kappa shape index (κ3) is 3.63. The lowest BCUT2D eigenvalue weighted by atomic mass is 10.0. The quantitative estimate of drug-likeness (QED) is 0.471. The third-order valence-electron chi connectivity index (χ3n) is 7.08. The van der Waals surface area contributed by atoms with E-state index >= 15 is 0 Å². The molecular weight excluding hydrogens is 434 g/mol. The van der Waals surface area contributed by atoms with Gasteiger partial charge >= 0.3 is 0 Å². The Morgan fingerprint density at radius 1 is 1.00 bits per heavy atom. The van der Waals surface area contributed by atoms with Crippen molar-refractivity contribution in [3.63, 3.8) is 0 Å². The maximum absolute atomic E-state index is 11.6. The van der Waals surface area contributed by atoms with Crippen molar-refractivity contribution in [1.82, 2.24) is 4.90 Å². The highest BCUT2D eigenvalue weighted by Crippen LogP contribution is 2.47. The number of nitrogens with zero attached hydrogens (tertiary/aromatic N) is 3. The van der Waals surface area contributed by atoms with E-state index < -0.39 is 0 Å². The van der Waals surface area contributed by atoms with E-state index in [0.717, 1.165) is 34.6 Å². The average molecular weight is 464 g/mol. The van der Waals surface area contributed by atoms with E-state index in [1.54, 1.807) is 6.08 Å². The highest BCUT2D eigenvalue weighted by atomic mass is 16.5. The maximum atomic E-state index is 11.6. The summed E-state index contributed by atoms with van der Waals surface area (Å²) < 4.78 is 6.30. The molecule has 2 atom stereocenters. The molecule has 0 amide bonds. The van der Waals surface area contributed by atoms with Gasteiger partial charge in [0.15, 0.2) is 17.4 Å². The van der Waals surface area contributed by atoms with Crippen LogP contribution in [0, 0.1) is 20.8 Å². The first-order valence-corrected chi connectivity index (χ1v) is 12.1. The van der Waals surface area contributed by atoms with Crippen LogP contribution in [0.5, 0.6) is 0 Å². The van der Waals surface area contributed by atoms with E-state index in [1.807, 2.05) is 41.4 Å². The number of rotatable bonds is 3. The molecule has 5 heteroatoms. The molecule has 2 aliphatic heterocycles. The van der Waals surface area contributed by atoms with Crippen molar-refractivity contribution in [2.75, 3.05) is 11.6 Å². The van der Waals surface area contributed by atoms with Gasteiger partial charge in [-0.05, 0) is 54.7 Å². The van der Waals surface area contributed by atoms with Crippen LogP contribution in [-0.2, 0) is 11.2 Å². The average Bonchev–Trinajstić information content (AvgIpc) is 3.40. The second-order valence-corrected chi connectivity index (χ2v) is 9.60. The van der Waals surface area contributed by atoms with Gasteiger partial charge in [0, 0.05) is 6.42 Å². The Kier molecular flexibility index (Phi) is 5.23. The van der Waals surface area contributed by atoms with Gasteiger partial charge in [-0.25, -0.2) is 5.01 Å². The van der Waals surface area contributed by atoms with Crippen LogP contribution in [0.15, 0.2) is 89.5 Å². The first-order chi connectivity index (χ1) is 17.0. The highest BCUT2D eigenvalue weighted by molar-refractivity contribution is 5.92. The summed E-state index contributed by atoms with van der Waals surface area (Å²) in [5.41, 5.74) is 8.00. The molecule has 0 spiro atoms. The summed E-state index contributed by atoms with van der Waals surface area (Å²) in [4.78, 5) is 2.20. The van der Waals surface area contributed by atoms with Gasteiger partial charge < -0.3 is 9.84 Å². The van der Waals surface area contributed by atoms with Gasteiger partial charge in [0.25, 0.3) is 0 Å². The van der Waals surface area contributed by atoms with Gasteiger partial charge in [-0.1, -0.05) is 78.4 Å². The van der Waals surface area contributed by atoms with Crippen LogP contribution in [0.1, 0.15) is 39.4 Å². The van der Waals surface area contributed by atoms with Crippen molar-refractivity contribution < 1.29 is 9.84 Å². The SMILES string of the molecule is Cc1cc(C)c(N2N=C3CO[C@@H]4Cc5ccccc5[C@@H]4N3/C2=C(O)/C=C/c2ccccc2)c(C)c1. The van der Waals surface area contributed by atoms with Gasteiger partial charge in [0.05, 0.1) is 17.8 Å². The monoisotopic (exact) mass is 463 g/mol. The predicted octanol–water partition coefficient (Wildman–Crippen LogP) is 6.18. The molecule has 5 nitrogen and oxygen atoms in total. The fourth-order valence-electron chi connectivity index (χ4n) is 5.71. The number of ether oxygens (including phenoxy) is 1. The molecular formula is C30H29N3O2. The van der Waals surface area contributed by atoms with Crippen molar-refractivity contribution in [2.24, 2.45) is 5.10 Å². The van der Waals surface area contributed by atoms with E-state index in [4.69, 9.17) is 9.84 Å². The number of aliphatic hydroxyl groups is 1. The third-order valence-corrected chi connectivity index (χ3v) is 7.08. The minimum Gasteiger partial charge on any atom is -0.504 e. The lowest BCUT2D eigenvalue weighted by molar-refractivity contribution is 0.0121. The lowest BCUT2D eigenvalue weighted by Crippen LogP contribution is -2.45. The molecule has 3 aliphatic rings. The number of amidine groups is 1. The lowest BCUT2D eigenvalue weighted by Gasteiger charge is -2.38. The van der Waals surface area contributed by atoms with Crippen LogP contribution in [0.2, 0.25) is 0 Å². The second-order valence-electron chi connectivity index (χ2n) is 9.60. The van der Waals surface area contributed by atoms with Crippen LogP contribution in [0.25, 0.3) is 6.08 Å². The van der Waals surface area contributed by atoms with E-state index in [0.29, 0.717) is 12.4 Å². The summed E-state index contributed by atoms with van der Waals surface area (Å²) in [7, 11) is 0. The Labute approximate surface area is 206 Å². The molecule has 6 rings (SSSR count). The minimum atomic E-state index is -0.0305. The Hall–Kier alpha value is -3.83. The molecule has 0 unspecified atom stereocenters. The van der Waals surface area contributed by atoms with Crippen molar-refractivity contribution in [1.29, 1.82) is 0 Å². The first-order valence-electron chi connectivity index (χ1n) is 12.1. The predicted molar refractivity (Wildman–Crippen MR) is 140 cm³/mol. The number of hydrogen-bond acceptors (Lipinski definition) is 5. The Balaban J connectivity index is 1.52. The summed E-state index contributed by atoms with van der Waals surface area (Å²) in [5.74, 6) is 1.67. The number of hydrogen-bond donors (Lipinski definition) is 1. The number of aliphatic hydroxyl groups excluding tert-OH is 1. The van der Waals surface area contributed by atoms with E-state index in [9.17, 15) is 5.11 Å². The largest absolute Gasteiger partial charge is 0.504 e. The summed E-state index contributed by atoms with van der Waals surface area (Å²) in [6.45, 7) is 6.72. The maximum Gasteiger partial charge on any atom is 0.179 e. The van der Waals surface area contributed by atoms with Gasteiger partial charge in [-0.15, -0.1) is 5.10 Å². The molecule has 1 N–H and O–H groups in total. The second kappa shape index (κ2) is 8.43. The Bertz CT molecular complexity index is 1370. The van der Waals surface area contributed by atoms with Gasteiger partial charge in [-0.2, -0.15) is 0 Å². The summed E-state index contributed by atoms with van der Waals surface area (Å²) >= 11 is 0. The summed E-state index contributed by atoms with van der Waals surface area (Å²) in [6, 6.07) is 22.8. The van der Waals surface area contributed by atoms with Crippen LogP contribution in [0.4, 0.5) is 5.69 Å². The van der Waals surface area contributed by atoms with Gasteiger partial charge in [-0.3, -0.25) is 4.90 Å². The van der Waals surface area contributed by atoms with Crippen LogP contribution >= 0.6 is 0 Å². The van der Waals surface area contributed by atoms with Crippen molar-refractivity contribution >= 4 is 17.6 Å². The van der Waals surface area contributed by atoms with E-state index in [2.05, 4.69) is 62.1 Å². The summed E-state index contributed by atoms with van der Waals surface area (Å²) in [6.07, 6.45) is 4.60. The molecule has 1 saturated heterocycles.